The van der Waals surface area contributed by atoms with Gasteiger partial charge in [-0.3, -0.25) is 14.2 Å². The van der Waals surface area contributed by atoms with Crippen LogP contribution in [0.3, 0.4) is 0 Å². The molecule has 0 saturated heterocycles. The van der Waals surface area contributed by atoms with Crippen LogP contribution >= 0.6 is 11.3 Å². The number of methoxy groups -OCH3 is 1. The third kappa shape index (κ3) is 5.49. The van der Waals surface area contributed by atoms with Gasteiger partial charge in [-0.15, -0.1) is 0 Å². The first-order valence-corrected chi connectivity index (χ1v) is 14.0. The molecule has 1 atom stereocenters. The summed E-state index contributed by atoms with van der Waals surface area (Å²) in [6.45, 7) is 6.48. The lowest BCUT2D eigenvalue weighted by Crippen LogP contribution is -2.40. The molecule has 0 unspecified atom stereocenters. The molecule has 3 aromatic carbocycles. The number of para-hydroxylation sites is 1. The van der Waals surface area contributed by atoms with Gasteiger partial charge in [-0.25, -0.2) is 4.99 Å². The molecule has 1 aromatic heterocycles. The number of amides is 1. The minimum absolute atomic E-state index is 0.211. The Kier molecular flexibility index (Phi) is 7.98. The van der Waals surface area contributed by atoms with E-state index in [0.717, 1.165) is 28.9 Å². The number of hydrogen-bond donors (Lipinski definition) is 1. The van der Waals surface area contributed by atoms with Gasteiger partial charge >= 0.3 is 0 Å². The Morgan fingerprint density at radius 3 is 2.52 bits per heavy atom. The number of allylic oxidation sites excluding steroid dienone is 1. The van der Waals surface area contributed by atoms with Gasteiger partial charge in [-0.05, 0) is 73.4 Å². The molecule has 8 heteroatoms. The van der Waals surface area contributed by atoms with Gasteiger partial charge in [0.05, 0.1) is 35.6 Å². The lowest BCUT2D eigenvalue weighted by molar-refractivity contribution is -0.113. The fourth-order valence-corrected chi connectivity index (χ4v) is 5.73. The summed E-state index contributed by atoms with van der Waals surface area (Å²) in [5.74, 6) is 1.16. The fraction of sp³-hybridized carbons (Fsp3) is 0.219. The van der Waals surface area contributed by atoms with Crippen LogP contribution in [0.5, 0.6) is 11.5 Å². The van der Waals surface area contributed by atoms with Crippen molar-refractivity contribution in [3.05, 3.63) is 120 Å². The standard InChI is InChI=1S/C32H31N3O4S/c1-5-17-39-25-15-12-22(13-16-25)18-27-31(37)35-29(23-14-11-20(2)26(19-23)38-4)28(21(3)33-32(35)40-27)30(36)34-24-9-7-6-8-10-24/h6-16,18-19,29H,5,17H2,1-4H3,(H,34,36)/b27-18-/t29-/m0/s1. The highest BCUT2D eigenvalue weighted by Gasteiger charge is 2.33. The van der Waals surface area contributed by atoms with Gasteiger partial charge in [0, 0.05) is 5.69 Å². The first-order chi connectivity index (χ1) is 19.4. The van der Waals surface area contributed by atoms with E-state index in [1.54, 1.807) is 11.7 Å². The molecule has 0 radical (unpaired) electrons. The Bertz CT molecular complexity index is 1750. The smallest absolute Gasteiger partial charge is 0.271 e. The van der Waals surface area contributed by atoms with E-state index in [0.29, 0.717) is 38.6 Å². The van der Waals surface area contributed by atoms with E-state index in [2.05, 4.69) is 12.2 Å². The zero-order chi connectivity index (χ0) is 28.2. The number of hydrogen-bond acceptors (Lipinski definition) is 6. The second-order valence-electron chi connectivity index (χ2n) is 9.55. The average molecular weight is 554 g/mol. The molecule has 1 N–H and O–H groups in total. The van der Waals surface area contributed by atoms with Gasteiger partial charge in [0.2, 0.25) is 0 Å². The zero-order valence-electron chi connectivity index (χ0n) is 22.9. The summed E-state index contributed by atoms with van der Waals surface area (Å²) >= 11 is 1.31. The molecule has 0 fully saturated rings. The highest BCUT2D eigenvalue weighted by molar-refractivity contribution is 7.07. The van der Waals surface area contributed by atoms with Crippen molar-refractivity contribution in [2.24, 2.45) is 4.99 Å². The Labute approximate surface area is 236 Å². The average Bonchev–Trinajstić information content (AvgIpc) is 3.26. The van der Waals surface area contributed by atoms with Crippen LogP contribution in [0, 0.1) is 6.92 Å². The third-order valence-electron chi connectivity index (χ3n) is 6.70. The molecule has 1 aliphatic heterocycles. The zero-order valence-corrected chi connectivity index (χ0v) is 23.7. The summed E-state index contributed by atoms with van der Waals surface area (Å²) in [5.41, 5.74) is 4.02. The lowest BCUT2D eigenvalue weighted by Gasteiger charge is -2.26. The van der Waals surface area contributed by atoms with Crippen LogP contribution in [0.25, 0.3) is 6.08 Å². The number of thiazole rings is 1. The van der Waals surface area contributed by atoms with E-state index in [1.165, 1.54) is 11.3 Å². The summed E-state index contributed by atoms with van der Waals surface area (Å²) in [6, 6.07) is 22.0. The van der Waals surface area contributed by atoms with Crippen LogP contribution in [0.2, 0.25) is 0 Å². The van der Waals surface area contributed by atoms with E-state index < -0.39 is 6.04 Å². The number of carbonyl (C=O) groups is 1. The number of aryl methyl sites for hydroxylation is 1. The number of aromatic nitrogens is 1. The molecule has 2 heterocycles. The second kappa shape index (κ2) is 11.8. The first-order valence-electron chi connectivity index (χ1n) is 13.2. The predicted octanol–water partition coefficient (Wildman–Crippen LogP) is 4.98. The number of benzene rings is 3. The highest BCUT2D eigenvalue weighted by atomic mass is 32.1. The topological polar surface area (TPSA) is 81.9 Å². The van der Waals surface area contributed by atoms with Crippen LogP contribution in [-0.4, -0.2) is 24.2 Å². The summed E-state index contributed by atoms with van der Waals surface area (Å²) in [5, 5.41) is 2.98. The maximum Gasteiger partial charge on any atom is 0.271 e. The van der Waals surface area contributed by atoms with Crippen LogP contribution in [0.1, 0.15) is 43.0 Å². The van der Waals surface area contributed by atoms with Crippen molar-refractivity contribution in [1.29, 1.82) is 0 Å². The van der Waals surface area contributed by atoms with Crippen LogP contribution in [0.15, 0.2) is 93.9 Å². The van der Waals surface area contributed by atoms with Crippen molar-refractivity contribution in [3.63, 3.8) is 0 Å². The minimum Gasteiger partial charge on any atom is -0.496 e. The molecule has 0 bridgehead atoms. The first kappa shape index (κ1) is 27.1. The van der Waals surface area contributed by atoms with Gasteiger partial charge in [0.15, 0.2) is 4.80 Å². The highest BCUT2D eigenvalue weighted by Crippen LogP contribution is 2.33. The summed E-state index contributed by atoms with van der Waals surface area (Å²) in [6.07, 6.45) is 2.78. The van der Waals surface area contributed by atoms with Crippen molar-refractivity contribution in [2.45, 2.75) is 33.2 Å². The Balaban J connectivity index is 1.63. The molecule has 40 heavy (non-hydrogen) atoms. The van der Waals surface area contributed by atoms with Crippen molar-refractivity contribution >= 4 is 29.0 Å². The van der Waals surface area contributed by atoms with Gasteiger partial charge < -0.3 is 14.8 Å². The number of ether oxygens (including phenoxy) is 2. The van der Waals surface area contributed by atoms with Crippen molar-refractivity contribution in [1.82, 2.24) is 4.57 Å². The third-order valence-corrected chi connectivity index (χ3v) is 7.68. The molecule has 5 rings (SSSR count). The molecule has 0 aliphatic carbocycles. The number of nitrogens with one attached hydrogen (secondary N) is 1. The lowest BCUT2D eigenvalue weighted by atomic mass is 9.94. The maximum absolute atomic E-state index is 13.9. The molecular formula is C32H31N3O4S. The SMILES string of the molecule is CCCOc1ccc(/C=c2\sc3n(c2=O)[C@@H](c2ccc(C)c(OC)c2)C(C(=O)Nc2ccccc2)=C(C)N=3)cc1. The molecule has 7 nitrogen and oxygen atoms in total. The van der Waals surface area contributed by atoms with Gasteiger partial charge in [0.1, 0.15) is 11.5 Å². The van der Waals surface area contributed by atoms with E-state index in [9.17, 15) is 9.59 Å². The van der Waals surface area contributed by atoms with Crippen molar-refractivity contribution in [3.8, 4) is 11.5 Å². The quantitative estimate of drug-likeness (QED) is 0.334. The fourth-order valence-electron chi connectivity index (χ4n) is 4.69. The van der Waals surface area contributed by atoms with E-state index in [4.69, 9.17) is 14.5 Å². The molecule has 4 aromatic rings. The Hall–Kier alpha value is -4.43. The minimum atomic E-state index is -0.679. The van der Waals surface area contributed by atoms with Crippen LogP contribution in [-0.2, 0) is 4.79 Å². The summed E-state index contributed by atoms with van der Waals surface area (Å²) < 4.78 is 13.4. The van der Waals surface area contributed by atoms with Crippen LogP contribution in [0.4, 0.5) is 5.69 Å². The molecule has 0 spiro atoms. The molecule has 204 valence electrons. The number of carbonyl (C=O) groups excluding carboxylic acids is 1. The second-order valence-corrected chi connectivity index (χ2v) is 10.6. The van der Waals surface area contributed by atoms with Gasteiger partial charge in [-0.1, -0.05) is 60.7 Å². The van der Waals surface area contributed by atoms with E-state index >= 15 is 0 Å². The van der Waals surface area contributed by atoms with Crippen molar-refractivity contribution in [2.75, 3.05) is 19.0 Å². The van der Waals surface area contributed by atoms with Gasteiger partial charge in [-0.2, -0.15) is 0 Å². The van der Waals surface area contributed by atoms with E-state index in [-0.39, 0.29) is 11.5 Å². The Morgan fingerprint density at radius 1 is 1.07 bits per heavy atom. The molecule has 1 amide bonds. The number of fused-ring (bicyclic) bond motifs is 1. The molecule has 0 saturated carbocycles. The molecular weight excluding hydrogens is 522 g/mol. The maximum atomic E-state index is 13.9. The largest absolute Gasteiger partial charge is 0.496 e. The number of nitrogens with zero attached hydrogens (tertiary/aromatic N) is 2. The van der Waals surface area contributed by atoms with Crippen molar-refractivity contribution < 1.29 is 14.3 Å². The predicted molar refractivity (Wildman–Crippen MR) is 159 cm³/mol. The summed E-state index contributed by atoms with van der Waals surface area (Å²) in [4.78, 5) is 32.9. The number of rotatable bonds is 8. The monoisotopic (exact) mass is 553 g/mol. The summed E-state index contributed by atoms with van der Waals surface area (Å²) in [7, 11) is 1.61. The normalized spacial score (nSPS) is 14.9. The Morgan fingerprint density at radius 2 is 1.82 bits per heavy atom. The van der Waals surface area contributed by atoms with E-state index in [1.807, 2.05) is 92.7 Å². The van der Waals surface area contributed by atoms with Crippen LogP contribution < -0.4 is 29.7 Å². The van der Waals surface area contributed by atoms with Gasteiger partial charge in [0.25, 0.3) is 11.5 Å². The molecule has 1 aliphatic rings. The number of anilines is 1.